The summed E-state index contributed by atoms with van der Waals surface area (Å²) in [6.45, 7) is 2.54. The van der Waals surface area contributed by atoms with Crippen LogP contribution in [-0.4, -0.2) is 85.1 Å². The summed E-state index contributed by atoms with van der Waals surface area (Å²) in [6, 6.07) is 7.82. The number of aromatic nitrogens is 2. The minimum Gasteiger partial charge on any atom is -0.495 e. The number of likely N-dealkylation sites (tertiary alicyclic amines) is 1. The van der Waals surface area contributed by atoms with Gasteiger partial charge in [-0.1, -0.05) is 23.7 Å². The van der Waals surface area contributed by atoms with Gasteiger partial charge in [-0.2, -0.15) is 4.98 Å². The van der Waals surface area contributed by atoms with E-state index in [0.29, 0.717) is 24.5 Å². The monoisotopic (exact) mass is 596 g/mol. The Kier molecular flexibility index (Phi) is 7.37. The minimum atomic E-state index is -0.731. The van der Waals surface area contributed by atoms with Gasteiger partial charge in [-0.3, -0.25) is 9.59 Å². The molecule has 0 bridgehead atoms. The van der Waals surface area contributed by atoms with E-state index in [4.69, 9.17) is 25.8 Å². The van der Waals surface area contributed by atoms with Gasteiger partial charge in [-0.15, -0.1) is 0 Å². The maximum atomic E-state index is 15.2. The number of methoxy groups -OCH3 is 1. The number of carbonyl (C=O) groups is 2. The molecule has 2 aromatic carbocycles. The van der Waals surface area contributed by atoms with Gasteiger partial charge in [0.1, 0.15) is 27.9 Å². The minimum absolute atomic E-state index is 0.00241. The molecule has 13 heteroatoms. The van der Waals surface area contributed by atoms with Crippen LogP contribution in [0.2, 0.25) is 5.02 Å². The molecule has 0 saturated carbocycles. The number of ether oxygens (including phenoxy) is 3. The van der Waals surface area contributed by atoms with E-state index >= 15 is 4.39 Å². The summed E-state index contributed by atoms with van der Waals surface area (Å²) in [7, 11) is 5.18. The highest BCUT2D eigenvalue weighted by Crippen LogP contribution is 2.47. The number of piperidine rings is 1. The van der Waals surface area contributed by atoms with Crippen LogP contribution in [0.4, 0.5) is 16.0 Å². The molecule has 0 radical (unpaired) electrons. The van der Waals surface area contributed by atoms with Gasteiger partial charge in [-0.25, -0.2) is 9.37 Å². The summed E-state index contributed by atoms with van der Waals surface area (Å²) in [4.78, 5) is 38.4. The molecule has 2 amide bonds. The Morgan fingerprint density at radius 3 is 2.64 bits per heavy atom. The lowest BCUT2D eigenvalue weighted by atomic mass is 9.88. The highest BCUT2D eigenvalue weighted by molar-refractivity contribution is 6.31. The molecule has 2 saturated heterocycles. The van der Waals surface area contributed by atoms with Gasteiger partial charge >= 0.3 is 0 Å². The molecule has 42 heavy (non-hydrogen) atoms. The van der Waals surface area contributed by atoms with Crippen LogP contribution in [-0.2, 0) is 10.3 Å². The number of anilines is 2. The number of benzene rings is 2. The zero-order valence-corrected chi connectivity index (χ0v) is 24.1. The van der Waals surface area contributed by atoms with Gasteiger partial charge in [0, 0.05) is 19.2 Å². The summed E-state index contributed by atoms with van der Waals surface area (Å²) in [5.41, 5.74) is 0.806. The van der Waals surface area contributed by atoms with Crippen molar-refractivity contribution in [3.8, 4) is 17.4 Å². The summed E-state index contributed by atoms with van der Waals surface area (Å²) in [6.07, 6.45) is 2.92. The van der Waals surface area contributed by atoms with Crippen molar-refractivity contribution < 1.29 is 28.2 Å². The standard InChI is InChI=1S/C29H30ClFN6O5/c1-36-9-7-16(8-10-36)33-25(38)17-11-23(40-3)21(12-20(17)31)34-28-32-13-19(30)26(35-28)42-22-6-4-5-18-24(22)27(39)37(2)29(18)14-41-15-29/h4-6,11-13,16H,7-10,14-15H2,1-3H3,(H,33,38)(H,32,34,35). The molecule has 1 aromatic heterocycles. The average Bonchev–Trinajstić information content (AvgIpc) is 3.19. The summed E-state index contributed by atoms with van der Waals surface area (Å²) in [5.74, 6) is -0.876. The molecule has 0 atom stereocenters. The topological polar surface area (TPSA) is 118 Å². The first-order valence-corrected chi connectivity index (χ1v) is 13.9. The third-order valence-corrected chi connectivity index (χ3v) is 8.38. The van der Waals surface area contributed by atoms with E-state index < -0.39 is 17.3 Å². The van der Waals surface area contributed by atoms with Gasteiger partial charge in [0.25, 0.3) is 11.8 Å². The van der Waals surface area contributed by atoms with Crippen molar-refractivity contribution in [1.29, 1.82) is 0 Å². The van der Waals surface area contributed by atoms with Gasteiger partial charge in [0.05, 0.1) is 43.3 Å². The van der Waals surface area contributed by atoms with Crippen LogP contribution in [0.15, 0.2) is 36.5 Å². The highest BCUT2D eigenvalue weighted by Gasteiger charge is 2.54. The number of nitrogens with one attached hydrogen (secondary N) is 2. The van der Waals surface area contributed by atoms with E-state index in [9.17, 15) is 9.59 Å². The van der Waals surface area contributed by atoms with Crippen molar-refractivity contribution in [2.75, 3.05) is 52.8 Å². The van der Waals surface area contributed by atoms with Crippen molar-refractivity contribution in [3.63, 3.8) is 0 Å². The highest BCUT2D eigenvalue weighted by atomic mass is 35.5. The Morgan fingerprint density at radius 1 is 1.19 bits per heavy atom. The fraction of sp³-hybridized carbons (Fsp3) is 0.379. The average molecular weight is 597 g/mol. The van der Waals surface area contributed by atoms with Crippen molar-refractivity contribution in [2.45, 2.75) is 24.4 Å². The fourth-order valence-electron chi connectivity index (χ4n) is 5.53. The fourth-order valence-corrected chi connectivity index (χ4v) is 5.66. The third-order valence-electron chi connectivity index (χ3n) is 8.12. The predicted octanol–water partition coefficient (Wildman–Crippen LogP) is 3.95. The molecule has 220 valence electrons. The van der Waals surface area contributed by atoms with E-state index in [2.05, 4.69) is 25.5 Å². The number of amides is 2. The van der Waals surface area contributed by atoms with Crippen LogP contribution in [0.3, 0.4) is 0 Å². The smallest absolute Gasteiger partial charge is 0.258 e. The maximum absolute atomic E-state index is 15.2. The van der Waals surface area contributed by atoms with Crippen molar-refractivity contribution in [3.05, 3.63) is 64.1 Å². The molecular formula is C29H30ClFN6O5. The normalized spacial score (nSPS) is 18.0. The number of hydrogen-bond acceptors (Lipinski definition) is 9. The lowest BCUT2D eigenvalue weighted by Gasteiger charge is -2.43. The van der Waals surface area contributed by atoms with Crippen LogP contribution in [0, 0.1) is 5.82 Å². The van der Waals surface area contributed by atoms with Gasteiger partial charge < -0.3 is 34.6 Å². The molecule has 11 nitrogen and oxygen atoms in total. The molecule has 2 N–H and O–H groups in total. The second-order valence-corrected chi connectivity index (χ2v) is 11.1. The van der Waals surface area contributed by atoms with E-state index in [1.54, 1.807) is 24.1 Å². The molecular weight excluding hydrogens is 567 g/mol. The third kappa shape index (κ3) is 4.89. The molecule has 3 aliphatic heterocycles. The van der Waals surface area contributed by atoms with Gasteiger partial charge in [-0.05, 0) is 50.7 Å². The molecule has 4 heterocycles. The number of likely N-dealkylation sites (N-methyl/N-ethyl adjacent to an activating group) is 1. The summed E-state index contributed by atoms with van der Waals surface area (Å²) < 4.78 is 32.1. The lowest BCUT2D eigenvalue weighted by Crippen LogP contribution is -2.55. The Hall–Kier alpha value is -4.00. The molecule has 0 aliphatic carbocycles. The van der Waals surface area contributed by atoms with E-state index in [1.165, 1.54) is 19.4 Å². The van der Waals surface area contributed by atoms with Gasteiger partial charge in [0.15, 0.2) is 0 Å². The second-order valence-electron chi connectivity index (χ2n) is 10.7. The predicted molar refractivity (Wildman–Crippen MR) is 152 cm³/mol. The summed E-state index contributed by atoms with van der Waals surface area (Å²) >= 11 is 6.36. The molecule has 1 spiro atoms. The van der Waals surface area contributed by atoms with Crippen LogP contribution < -0.4 is 20.1 Å². The van der Waals surface area contributed by atoms with Crippen LogP contribution >= 0.6 is 11.6 Å². The number of fused-ring (bicyclic) bond motifs is 2. The molecule has 6 rings (SSSR count). The van der Waals surface area contributed by atoms with E-state index in [1.807, 2.05) is 13.1 Å². The quantitative estimate of drug-likeness (QED) is 0.418. The molecule has 3 aromatic rings. The van der Waals surface area contributed by atoms with Crippen molar-refractivity contribution in [1.82, 2.24) is 25.1 Å². The molecule has 2 fully saturated rings. The number of nitrogens with zero attached hydrogens (tertiary/aromatic N) is 4. The Labute approximate surface area is 246 Å². The zero-order valence-electron chi connectivity index (χ0n) is 23.4. The Balaban J connectivity index is 1.23. The molecule has 0 unspecified atom stereocenters. The largest absolute Gasteiger partial charge is 0.495 e. The number of halogens is 2. The number of carbonyl (C=O) groups excluding carboxylic acids is 2. The second kappa shape index (κ2) is 11.0. The van der Waals surface area contributed by atoms with Crippen LogP contribution in [0.5, 0.6) is 17.4 Å². The first kappa shape index (κ1) is 28.1. The SMILES string of the molecule is COc1cc(C(=O)NC2CCN(C)CC2)c(F)cc1Nc1ncc(Cl)c(Oc2cccc3c2C(=O)N(C)C32COC2)n1. The van der Waals surface area contributed by atoms with E-state index in [-0.39, 0.29) is 45.8 Å². The van der Waals surface area contributed by atoms with Crippen LogP contribution in [0.25, 0.3) is 0 Å². The lowest BCUT2D eigenvalue weighted by molar-refractivity contribution is -0.117. The maximum Gasteiger partial charge on any atom is 0.258 e. The zero-order chi connectivity index (χ0) is 29.6. The first-order valence-electron chi connectivity index (χ1n) is 13.5. The Morgan fingerprint density at radius 2 is 1.95 bits per heavy atom. The van der Waals surface area contributed by atoms with Crippen LogP contribution in [0.1, 0.15) is 39.1 Å². The Bertz CT molecular complexity index is 1560. The summed E-state index contributed by atoms with van der Waals surface area (Å²) in [5, 5.41) is 5.94. The number of hydrogen-bond donors (Lipinski definition) is 2. The van der Waals surface area contributed by atoms with Crippen molar-refractivity contribution >= 4 is 35.1 Å². The van der Waals surface area contributed by atoms with Gasteiger partial charge in [0.2, 0.25) is 11.8 Å². The van der Waals surface area contributed by atoms with Crippen molar-refractivity contribution in [2.24, 2.45) is 0 Å². The molecule has 3 aliphatic rings. The van der Waals surface area contributed by atoms with E-state index in [0.717, 1.165) is 37.6 Å². The first-order chi connectivity index (χ1) is 20.2. The number of rotatable bonds is 7.